The molecule has 1 amide bonds. The number of carbonyl (C=O) groups is 1. The van der Waals surface area contributed by atoms with Crippen molar-refractivity contribution in [3.8, 4) is 0 Å². The van der Waals surface area contributed by atoms with E-state index in [1.165, 1.54) is 12.4 Å². The van der Waals surface area contributed by atoms with Gasteiger partial charge in [0, 0.05) is 43.9 Å². The summed E-state index contributed by atoms with van der Waals surface area (Å²) < 4.78 is 0. The average Bonchev–Trinajstić information content (AvgIpc) is 2.97. The molecule has 0 unspecified atom stereocenters. The van der Waals surface area contributed by atoms with Crippen LogP contribution in [0.25, 0.3) is 0 Å². The van der Waals surface area contributed by atoms with Crippen LogP contribution in [0, 0.1) is 0 Å². The van der Waals surface area contributed by atoms with E-state index in [2.05, 4.69) is 20.3 Å². The minimum atomic E-state index is -0.0615. The maximum atomic E-state index is 12.2. The number of pyridine rings is 1. The van der Waals surface area contributed by atoms with Gasteiger partial charge in [0.1, 0.15) is 5.69 Å². The summed E-state index contributed by atoms with van der Waals surface area (Å²) in [6.07, 6.45) is 9.05. The summed E-state index contributed by atoms with van der Waals surface area (Å²) in [7, 11) is 0. The van der Waals surface area contributed by atoms with E-state index in [-0.39, 0.29) is 11.9 Å². The fourth-order valence-electron chi connectivity index (χ4n) is 2.32. The monoisotopic (exact) mass is 269 g/mol. The third kappa shape index (κ3) is 2.74. The number of hydrogen-bond acceptors (Lipinski definition) is 5. The molecule has 1 fully saturated rings. The van der Waals surface area contributed by atoms with Gasteiger partial charge in [-0.3, -0.25) is 14.8 Å². The van der Waals surface area contributed by atoms with Crippen LogP contribution in [0.15, 0.2) is 43.1 Å². The molecule has 0 bridgehead atoms. The second-order valence-electron chi connectivity index (χ2n) is 4.71. The molecule has 1 atom stereocenters. The molecule has 1 saturated heterocycles. The number of carbonyl (C=O) groups excluding carboxylic acids is 1. The largest absolute Gasteiger partial charge is 0.379 e. The normalized spacial score (nSPS) is 18.0. The third-order valence-electron chi connectivity index (χ3n) is 3.29. The molecule has 1 aliphatic rings. The molecule has 6 heteroatoms. The van der Waals surface area contributed by atoms with Gasteiger partial charge in [-0.1, -0.05) is 0 Å². The quantitative estimate of drug-likeness (QED) is 0.906. The summed E-state index contributed by atoms with van der Waals surface area (Å²) in [5, 5.41) is 3.38. The van der Waals surface area contributed by atoms with Crippen molar-refractivity contribution in [2.75, 3.05) is 18.4 Å². The van der Waals surface area contributed by atoms with Gasteiger partial charge in [-0.25, -0.2) is 4.98 Å². The van der Waals surface area contributed by atoms with Gasteiger partial charge in [-0.2, -0.15) is 0 Å². The lowest BCUT2D eigenvalue weighted by molar-refractivity contribution is 0.0785. The van der Waals surface area contributed by atoms with Crippen molar-refractivity contribution in [3.63, 3.8) is 0 Å². The number of nitrogens with zero attached hydrogens (tertiary/aromatic N) is 4. The highest BCUT2D eigenvalue weighted by molar-refractivity contribution is 5.92. The minimum Gasteiger partial charge on any atom is -0.379 e. The summed E-state index contributed by atoms with van der Waals surface area (Å²) in [4.78, 5) is 26.1. The Morgan fingerprint density at radius 1 is 1.25 bits per heavy atom. The zero-order valence-corrected chi connectivity index (χ0v) is 10.9. The van der Waals surface area contributed by atoms with Crippen LogP contribution in [0.2, 0.25) is 0 Å². The maximum absolute atomic E-state index is 12.2. The summed E-state index contributed by atoms with van der Waals surface area (Å²) in [6.45, 7) is 1.40. The Kier molecular flexibility index (Phi) is 3.54. The van der Waals surface area contributed by atoms with E-state index < -0.39 is 0 Å². The molecule has 0 aliphatic carbocycles. The van der Waals surface area contributed by atoms with Gasteiger partial charge in [0.2, 0.25) is 0 Å². The Morgan fingerprint density at radius 3 is 2.90 bits per heavy atom. The Bertz CT molecular complexity index is 575. The standard InChI is InChI=1S/C14H15N5O/c20-14(13-9-16-5-6-17-13)19-7-3-12(10-19)18-11-2-1-4-15-8-11/h1-2,4-6,8-9,12,18H,3,7,10H2/t12-/m1/s1. The number of rotatable bonds is 3. The third-order valence-corrected chi connectivity index (χ3v) is 3.29. The second kappa shape index (κ2) is 5.64. The maximum Gasteiger partial charge on any atom is 0.274 e. The van der Waals surface area contributed by atoms with E-state index in [0.717, 1.165) is 18.7 Å². The van der Waals surface area contributed by atoms with Crippen LogP contribution in [-0.2, 0) is 0 Å². The molecule has 1 N–H and O–H groups in total. The second-order valence-corrected chi connectivity index (χ2v) is 4.71. The number of aromatic nitrogens is 3. The van der Waals surface area contributed by atoms with Gasteiger partial charge in [0.05, 0.1) is 11.9 Å². The highest BCUT2D eigenvalue weighted by Gasteiger charge is 2.27. The topological polar surface area (TPSA) is 71.0 Å². The first-order valence-corrected chi connectivity index (χ1v) is 6.55. The zero-order chi connectivity index (χ0) is 13.8. The van der Waals surface area contributed by atoms with Crippen LogP contribution in [0.1, 0.15) is 16.9 Å². The van der Waals surface area contributed by atoms with Gasteiger partial charge >= 0.3 is 0 Å². The van der Waals surface area contributed by atoms with Crippen molar-refractivity contribution in [3.05, 3.63) is 48.8 Å². The Hall–Kier alpha value is -2.50. The number of nitrogens with one attached hydrogen (secondary N) is 1. The zero-order valence-electron chi connectivity index (χ0n) is 10.9. The number of anilines is 1. The van der Waals surface area contributed by atoms with Crippen molar-refractivity contribution in [1.82, 2.24) is 19.9 Å². The molecule has 6 nitrogen and oxygen atoms in total. The molecule has 0 aromatic carbocycles. The highest BCUT2D eigenvalue weighted by Crippen LogP contribution is 2.16. The van der Waals surface area contributed by atoms with Crippen LogP contribution in [0.5, 0.6) is 0 Å². The lowest BCUT2D eigenvalue weighted by Gasteiger charge is -2.17. The predicted octanol–water partition coefficient (Wildman–Crippen LogP) is 1.20. The molecule has 2 aromatic rings. The smallest absolute Gasteiger partial charge is 0.274 e. The summed E-state index contributed by atoms with van der Waals surface area (Å²) in [5.74, 6) is -0.0615. The summed E-state index contributed by atoms with van der Waals surface area (Å²) in [5.41, 5.74) is 1.38. The molecule has 0 radical (unpaired) electrons. The summed E-state index contributed by atoms with van der Waals surface area (Å²) >= 11 is 0. The van der Waals surface area contributed by atoms with Crippen LogP contribution in [0.4, 0.5) is 5.69 Å². The molecule has 3 rings (SSSR count). The number of likely N-dealkylation sites (tertiary alicyclic amines) is 1. The Labute approximate surface area is 116 Å². The SMILES string of the molecule is O=C(c1cnccn1)N1CC[C@@H](Nc2cccnc2)C1. The molecule has 1 aliphatic heterocycles. The van der Waals surface area contributed by atoms with Crippen molar-refractivity contribution >= 4 is 11.6 Å². The predicted molar refractivity (Wildman–Crippen MR) is 74.2 cm³/mol. The minimum absolute atomic E-state index is 0.0615. The first kappa shape index (κ1) is 12.5. The van der Waals surface area contributed by atoms with Gasteiger partial charge in [0.25, 0.3) is 5.91 Å². The van der Waals surface area contributed by atoms with Crippen molar-refractivity contribution < 1.29 is 4.79 Å². The van der Waals surface area contributed by atoms with Crippen molar-refractivity contribution in [2.45, 2.75) is 12.5 Å². The van der Waals surface area contributed by atoms with E-state index in [1.807, 2.05) is 12.1 Å². The van der Waals surface area contributed by atoms with Crippen LogP contribution in [0.3, 0.4) is 0 Å². The molecule has 2 aromatic heterocycles. The van der Waals surface area contributed by atoms with Crippen LogP contribution in [-0.4, -0.2) is 44.9 Å². The van der Waals surface area contributed by atoms with Crippen molar-refractivity contribution in [1.29, 1.82) is 0 Å². The Morgan fingerprint density at radius 2 is 2.15 bits per heavy atom. The van der Waals surface area contributed by atoms with E-state index in [9.17, 15) is 4.79 Å². The molecular formula is C14H15N5O. The molecule has 0 spiro atoms. The fraction of sp³-hybridized carbons (Fsp3) is 0.286. The van der Waals surface area contributed by atoms with E-state index in [4.69, 9.17) is 0 Å². The van der Waals surface area contributed by atoms with Crippen LogP contribution >= 0.6 is 0 Å². The molecule has 3 heterocycles. The molecule has 102 valence electrons. The van der Waals surface area contributed by atoms with Gasteiger partial charge in [0.15, 0.2) is 0 Å². The van der Waals surface area contributed by atoms with E-state index in [0.29, 0.717) is 12.2 Å². The number of hydrogen-bond donors (Lipinski definition) is 1. The fourth-order valence-corrected chi connectivity index (χ4v) is 2.32. The van der Waals surface area contributed by atoms with E-state index in [1.54, 1.807) is 23.5 Å². The summed E-state index contributed by atoms with van der Waals surface area (Å²) in [6, 6.07) is 4.11. The Balaban J connectivity index is 1.61. The van der Waals surface area contributed by atoms with Gasteiger partial charge in [-0.15, -0.1) is 0 Å². The first-order chi connectivity index (χ1) is 9.83. The molecular weight excluding hydrogens is 254 g/mol. The number of amides is 1. The van der Waals surface area contributed by atoms with Crippen LogP contribution < -0.4 is 5.32 Å². The van der Waals surface area contributed by atoms with Gasteiger partial charge in [-0.05, 0) is 18.6 Å². The highest BCUT2D eigenvalue weighted by atomic mass is 16.2. The molecule has 0 saturated carbocycles. The molecule has 20 heavy (non-hydrogen) atoms. The average molecular weight is 269 g/mol. The van der Waals surface area contributed by atoms with E-state index >= 15 is 0 Å². The van der Waals surface area contributed by atoms with Gasteiger partial charge < -0.3 is 10.2 Å². The van der Waals surface area contributed by atoms with Crippen molar-refractivity contribution in [2.24, 2.45) is 0 Å². The lowest BCUT2D eigenvalue weighted by atomic mass is 10.2. The first-order valence-electron chi connectivity index (χ1n) is 6.55. The lowest BCUT2D eigenvalue weighted by Crippen LogP contribution is -2.32.